The molecule has 0 aliphatic carbocycles. The summed E-state index contributed by atoms with van der Waals surface area (Å²) < 4.78 is 11.9. The van der Waals surface area contributed by atoms with Crippen LogP contribution in [0.1, 0.15) is 29.2 Å². The predicted octanol–water partition coefficient (Wildman–Crippen LogP) is 8.05. The van der Waals surface area contributed by atoms with Crippen LogP contribution in [-0.2, 0) is 4.79 Å². The molecule has 6 rings (SSSR count). The van der Waals surface area contributed by atoms with Crippen LogP contribution in [0.5, 0.6) is 0 Å². The van der Waals surface area contributed by atoms with Crippen molar-refractivity contribution in [2.45, 2.75) is 20.8 Å². The predicted molar refractivity (Wildman–Crippen MR) is 152 cm³/mol. The summed E-state index contributed by atoms with van der Waals surface area (Å²) in [5, 5.41) is 2.93. The van der Waals surface area contributed by atoms with Gasteiger partial charge in [0.15, 0.2) is 11.2 Å². The van der Waals surface area contributed by atoms with Gasteiger partial charge in [0, 0.05) is 23.7 Å². The van der Waals surface area contributed by atoms with Crippen molar-refractivity contribution < 1.29 is 13.6 Å². The Labute approximate surface area is 219 Å². The third-order valence-corrected chi connectivity index (χ3v) is 6.31. The molecule has 186 valence electrons. The molecule has 0 bridgehead atoms. The van der Waals surface area contributed by atoms with Crippen LogP contribution >= 0.6 is 0 Å². The van der Waals surface area contributed by atoms with Gasteiger partial charge in [-0.05, 0) is 84.6 Å². The fourth-order valence-corrected chi connectivity index (χ4v) is 4.37. The zero-order valence-electron chi connectivity index (χ0n) is 21.3. The molecule has 0 saturated carbocycles. The molecule has 0 aliphatic heterocycles. The zero-order valence-corrected chi connectivity index (χ0v) is 21.3. The van der Waals surface area contributed by atoms with E-state index in [1.165, 1.54) is 6.92 Å². The third kappa shape index (κ3) is 4.72. The fourth-order valence-electron chi connectivity index (χ4n) is 4.37. The minimum absolute atomic E-state index is 0.150. The Morgan fingerprint density at radius 2 is 1.29 bits per heavy atom. The molecular weight excluding hydrogens is 474 g/mol. The van der Waals surface area contributed by atoms with E-state index in [1.54, 1.807) is 0 Å². The molecule has 0 atom stereocenters. The molecule has 2 heterocycles. The van der Waals surface area contributed by atoms with Gasteiger partial charge in [0.25, 0.3) is 0 Å². The van der Waals surface area contributed by atoms with E-state index in [9.17, 15) is 4.79 Å². The van der Waals surface area contributed by atoms with Gasteiger partial charge >= 0.3 is 0 Å². The van der Waals surface area contributed by atoms with Crippen LogP contribution in [-0.4, -0.2) is 15.9 Å². The second-order valence-electron chi connectivity index (χ2n) is 9.42. The Balaban J connectivity index is 1.27. The minimum Gasteiger partial charge on any atom is -0.436 e. The summed E-state index contributed by atoms with van der Waals surface area (Å²) in [6.45, 7) is 5.54. The molecular formula is C32H25N3O3. The summed E-state index contributed by atoms with van der Waals surface area (Å²) in [6.07, 6.45) is 3.98. The number of nitrogens with zero attached hydrogens (tertiary/aromatic N) is 2. The zero-order chi connectivity index (χ0) is 26.2. The second-order valence-corrected chi connectivity index (χ2v) is 9.42. The fraction of sp³-hybridized carbons (Fsp3) is 0.0938. The summed E-state index contributed by atoms with van der Waals surface area (Å²) in [7, 11) is 0. The number of hydrogen-bond donors (Lipinski definition) is 1. The van der Waals surface area contributed by atoms with Crippen LogP contribution in [0.2, 0.25) is 0 Å². The maximum absolute atomic E-state index is 11.9. The van der Waals surface area contributed by atoms with Crippen molar-refractivity contribution in [3.8, 4) is 22.9 Å². The van der Waals surface area contributed by atoms with Crippen LogP contribution in [0.4, 0.5) is 5.69 Å². The van der Waals surface area contributed by atoms with Crippen LogP contribution in [0, 0.1) is 13.8 Å². The van der Waals surface area contributed by atoms with Gasteiger partial charge in [-0.25, -0.2) is 9.97 Å². The van der Waals surface area contributed by atoms with Crippen molar-refractivity contribution in [3.63, 3.8) is 0 Å². The number of rotatable bonds is 5. The van der Waals surface area contributed by atoms with Crippen molar-refractivity contribution in [2.24, 2.45) is 0 Å². The van der Waals surface area contributed by atoms with E-state index in [0.717, 1.165) is 55.6 Å². The van der Waals surface area contributed by atoms with Crippen LogP contribution < -0.4 is 5.32 Å². The number of benzene rings is 4. The van der Waals surface area contributed by atoms with Gasteiger partial charge in [0.1, 0.15) is 11.0 Å². The van der Waals surface area contributed by atoms with Gasteiger partial charge in [-0.3, -0.25) is 4.79 Å². The number of carbonyl (C=O) groups excluding carboxylic acids is 1. The molecule has 4 aromatic carbocycles. The monoisotopic (exact) mass is 499 g/mol. The number of fused-ring (bicyclic) bond motifs is 2. The largest absolute Gasteiger partial charge is 0.436 e. The molecule has 6 heteroatoms. The Hall–Kier alpha value is -4.97. The molecule has 0 unspecified atom stereocenters. The number of aryl methyl sites for hydroxylation is 2. The molecule has 1 N–H and O–H groups in total. The van der Waals surface area contributed by atoms with Gasteiger partial charge in [-0.15, -0.1) is 0 Å². The lowest BCUT2D eigenvalue weighted by Crippen LogP contribution is -2.07. The van der Waals surface area contributed by atoms with Crippen LogP contribution in [0.15, 0.2) is 87.7 Å². The highest BCUT2D eigenvalue weighted by atomic mass is 16.4. The quantitative estimate of drug-likeness (QED) is 0.243. The van der Waals surface area contributed by atoms with E-state index < -0.39 is 0 Å². The minimum atomic E-state index is -0.150. The summed E-state index contributed by atoms with van der Waals surface area (Å²) in [6, 6.07) is 25.7. The van der Waals surface area contributed by atoms with Crippen molar-refractivity contribution >= 4 is 45.9 Å². The first-order valence-corrected chi connectivity index (χ1v) is 12.4. The van der Waals surface area contributed by atoms with Gasteiger partial charge in [-0.2, -0.15) is 0 Å². The maximum atomic E-state index is 11.9. The van der Waals surface area contributed by atoms with Gasteiger partial charge in [-0.1, -0.05) is 42.5 Å². The lowest BCUT2D eigenvalue weighted by molar-refractivity contribution is -0.114. The molecule has 38 heavy (non-hydrogen) atoms. The van der Waals surface area contributed by atoms with E-state index >= 15 is 0 Å². The average Bonchev–Trinajstić information content (AvgIpc) is 3.51. The molecule has 0 aliphatic rings. The molecule has 0 saturated heterocycles. The highest BCUT2D eigenvalue weighted by Gasteiger charge is 2.12. The number of amides is 1. The summed E-state index contributed by atoms with van der Waals surface area (Å²) in [5.74, 6) is 0.958. The maximum Gasteiger partial charge on any atom is 0.227 e. The number of anilines is 1. The summed E-state index contributed by atoms with van der Waals surface area (Å²) in [5.41, 5.74) is 9.67. The van der Waals surface area contributed by atoms with Crippen LogP contribution in [0.25, 0.3) is 57.3 Å². The molecule has 6 nitrogen and oxygen atoms in total. The van der Waals surface area contributed by atoms with Crippen molar-refractivity contribution in [1.82, 2.24) is 9.97 Å². The lowest BCUT2D eigenvalue weighted by atomic mass is 10.1. The van der Waals surface area contributed by atoms with Crippen LogP contribution in [0.3, 0.4) is 0 Å². The van der Waals surface area contributed by atoms with Crippen molar-refractivity contribution in [1.29, 1.82) is 0 Å². The van der Waals surface area contributed by atoms with E-state index in [1.807, 2.05) is 105 Å². The van der Waals surface area contributed by atoms with E-state index in [2.05, 4.69) is 15.3 Å². The average molecular weight is 500 g/mol. The summed E-state index contributed by atoms with van der Waals surface area (Å²) >= 11 is 0. The number of carbonyl (C=O) groups is 1. The SMILES string of the molecule is CC(=O)Nc1cc(-c2nc3ccc(C)cc3o2)ccc1C=Cc1ccc(-c2nc3ccc(C)cc3o2)cc1. The smallest absolute Gasteiger partial charge is 0.227 e. The van der Waals surface area contributed by atoms with Crippen molar-refractivity contribution in [3.05, 3.63) is 101 Å². The first-order chi connectivity index (χ1) is 18.4. The first-order valence-electron chi connectivity index (χ1n) is 12.4. The third-order valence-electron chi connectivity index (χ3n) is 6.31. The number of aromatic nitrogens is 2. The lowest BCUT2D eigenvalue weighted by Gasteiger charge is -2.08. The first kappa shape index (κ1) is 23.4. The summed E-state index contributed by atoms with van der Waals surface area (Å²) in [4.78, 5) is 21.1. The van der Waals surface area contributed by atoms with Gasteiger partial charge in [0.2, 0.25) is 17.7 Å². The molecule has 2 aromatic heterocycles. The van der Waals surface area contributed by atoms with E-state index in [4.69, 9.17) is 8.83 Å². The Bertz CT molecular complexity index is 1840. The Kier molecular flexibility index (Phi) is 5.85. The molecule has 1 amide bonds. The molecule has 0 spiro atoms. The normalized spacial score (nSPS) is 11.6. The van der Waals surface area contributed by atoms with E-state index in [0.29, 0.717) is 17.5 Å². The highest BCUT2D eigenvalue weighted by Crippen LogP contribution is 2.30. The molecule has 6 aromatic rings. The molecule has 0 fully saturated rings. The Morgan fingerprint density at radius 1 is 0.711 bits per heavy atom. The Morgan fingerprint density at radius 3 is 1.89 bits per heavy atom. The highest BCUT2D eigenvalue weighted by molar-refractivity contribution is 5.93. The van der Waals surface area contributed by atoms with E-state index in [-0.39, 0.29) is 5.91 Å². The van der Waals surface area contributed by atoms with Gasteiger partial charge in [0.05, 0.1) is 0 Å². The topological polar surface area (TPSA) is 81.2 Å². The number of oxazole rings is 2. The van der Waals surface area contributed by atoms with Crippen molar-refractivity contribution in [2.75, 3.05) is 5.32 Å². The number of hydrogen-bond acceptors (Lipinski definition) is 5. The second kappa shape index (κ2) is 9.48. The van der Waals surface area contributed by atoms with Gasteiger partial charge < -0.3 is 14.2 Å². The number of nitrogens with one attached hydrogen (secondary N) is 1. The molecule has 0 radical (unpaired) electrons. The standard InChI is InChI=1S/C32H25N3O3/c1-19-4-14-26-29(16-19)37-31(34-26)24-10-7-22(8-11-24)6-9-23-12-13-25(18-28(23)33-21(3)36)32-35-27-15-5-20(2)17-30(27)38-32/h4-18H,1-3H3,(H,33,36).